The largest absolute Gasteiger partial charge is 0.309 e. The molecule has 4 heteroatoms. The van der Waals surface area contributed by atoms with E-state index in [1.165, 1.54) is 5.69 Å². The lowest BCUT2D eigenvalue weighted by Gasteiger charge is -2.26. The maximum atomic E-state index is 4.00. The van der Waals surface area contributed by atoms with E-state index in [1.54, 1.807) is 0 Å². The number of aryl methyl sites for hydroxylation is 1. The standard InChI is InChI=1S/C12H24N4/c1-6-7-13-10(8-12(2,3)4)11-9-14-15-16(11)5/h9-10,13H,6-8H2,1-5H3. The summed E-state index contributed by atoms with van der Waals surface area (Å²) in [6, 6.07) is 0.347. The van der Waals surface area contributed by atoms with Crippen LogP contribution in [0, 0.1) is 5.41 Å². The van der Waals surface area contributed by atoms with Gasteiger partial charge in [0.2, 0.25) is 0 Å². The van der Waals surface area contributed by atoms with E-state index in [1.807, 2.05) is 17.9 Å². The number of rotatable bonds is 5. The summed E-state index contributed by atoms with van der Waals surface area (Å²) in [7, 11) is 1.95. The van der Waals surface area contributed by atoms with Crippen molar-refractivity contribution in [1.29, 1.82) is 0 Å². The quantitative estimate of drug-likeness (QED) is 0.834. The fourth-order valence-corrected chi connectivity index (χ4v) is 1.83. The molecule has 0 aliphatic rings. The SMILES string of the molecule is CCCNC(CC(C)(C)C)c1cnnn1C. The molecule has 1 rings (SSSR count). The molecule has 0 fully saturated rings. The monoisotopic (exact) mass is 224 g/mol. The Morgan fingerprint density at radius 3 is 2.56 bits per heavy atom. The molecule has 0 spiro atoms. The molecule has 0 amide bonds. The van der Waals surface area contributed by atoms with Crippen molar-refractivity contribution in [1.82, 2.24) is 20.3 Å². The van der Waals surface area contributed by atoms with Crippen LogP contribution in [0.5, 0.6) is 0 Å². The van der Waals surface area contributed by atoms with Gasteiger partial charge in [0, 0.05) is 7.05 Å². The summed E-state index contributed by atoms with van der Waals surface area (Å²) in [5, 5.41) is 11.5. The van der Waals surface area contributed by atoms with Crippen LogP contribution in [0.3, 0.4) is 0 Å². The van der Waals surface area contributed by atoms with E-state index >= 15 is 0 Å². The van der Waals surface area contributed by atoms with Gasteiger partial charge in [-0.25, -0.2) is 0 Å². The summed E-state index contributed by atoms with van der Waals surface area (Å²) in [5.74, 6) is 0. The van der Waals surface area contributed by atoms with Crippen LogP contribution in [0.25, 0.3) is 0 Å². The predicted molar refractivity (Wildman–Crippen MR) is 66.1 cm³/mol. The fraction of sp³-hybridized carbons (Fsp3) is 0.833. The minimum atomic E-state index is 0.301. The molecule has 4 nitrogen and oxygen atoms in total. The molecule has 0 bridgehead atoms. The van der Waals surface area contributed by atoms with Crippen molar-refractivity contribution in [3.05, 3.63) is 11.9 Å². The smallest absolute Gasteiger partial charge is 0.0753 e. The third-order valence-corrected chi connectivity index (χ3v) is 2.56. The predicted octanol–water partition coefficient (Wildman–Crippen LogP) is 2.29. The summed E-state index contributed by atoms with van der Waals surface area (Å²) < 4.78 is 1.86. The topological polar surface area (TPSA) is 42.7 Å². The normalized spacial score (nSPS) is 14.1. The molecule has 0 aliphatic carbocycles. The molecule has 0 aliphatic heterocycles. The molecule has 0 saturated carbocycles. The van der Waals surface area contributed by atoms with Gasteiger partial charge in [0.1, 0.15) is 0 Å². The Bertz CT molecular complexity index is 311. The van der Waals surface area contributed by atoms with Crippen LogP contribution in [0.1, 0.15) is 52.3 Å². The summed E-state index contributed by atoms with van der Waals surface area (Å²) in [6.45, 7) is 10.0. The highest BCUT2D eigenvalue weighted by molar-refractivity contribution is 5.02. The summed E-state index contributed by atoms with van der Waals surface area (Å²) in [5.41, 5.74) is 1.47. The highest BCUT2D eigenvalue weighted by Gasteiger charge is 2.22. The molecule has 0 saturated heterocycles. The van der Waals surface area contributed by atoms with Crippen molar-refractivity contribution in [3.63, 3.8) is 0 Å². The molecule has 1 unspecified atom stereocenters. The summed E-state index contributed by atoms with van der Waals surface area (Å²) in [4.78, 5) is 0. The van der Waals surface area contributed by atoms with Gasteiger partial charge in [0.25, 0.3) is 0 Å². The first-order valence-electron chi connectivity index (χ1n) is 6.02. The second-order valence-corrected chi connectivity index (χ2v) is 5.55. The van der Waals surface area contributed by atoms with E-state index in [0.717, 1.165) is 19.4 Å². The molecule has 92 valence electrons. The van der Waals surface area contributed by atoms with E-state index < -0.39 is 0 Å². The van der Waals surface area contributed by atoms with Crippen molar-refractivity contribution >= 4 is 0 Å². The van der Waals surface area contributed by atoms with E-state index in [0.29, 0.717) is 11.5 Å². The average Bonchev–Trinajstić information content (AvgIpc) is 2.57. The molecular weight excluding hydrogens is 200 g/mol. The Morgan fingerprint density at radius 1 is 1.44 bits per heavy atom. The Hall–Kier alpha value is -0.900. The first-order chi connectivity index (χ1) is 7.44. The van der Waals surface area contributed by atoms with Crippen LogP contribution in [0.2, 0.25) is 0 Å². The zero-order valence-electron chi connectivity index (χ0n) is 11.1. The van der Waals surface area contributed by atoms with E-state index in [4.69, 9.17) is 0 Å². The van der Waals surface area contributed by atoms with Crippen molar-refractivity contribution in [3.8, 4) is 0 Å². The Morgan fingerprint density at radius 2 is 2.12 bits per heavy atom. The lowest BCUT2D eigenvalue weighted by molar-refractivity contribution is 0.303. The van der Waals surface area contributed by atoms with Crippen molar-refractivity contribution in [2.75, 3.05) is 6.54 Å². The van der Waals surface area contributed by atoms with Gasteiger partial charge in [-0.3, -0.25) is 4.68 Å². The molecule has 16 heavy (non-hydrogen) atoms. The van der Waals surface area contributed by atoms with Crippen LogP contribution in [0.4, 0.5) is 0 Å². The zero-order chi connectivity index (χ0) is 12.2. The van der Waals surface area contributed by atoms with Gasteiger partial charge < -0.3 is 5.32 Å². The second kappa shape index (κ2) is 5.43. The van der Waals surface area contributed by atoms with Crippen LogP contribution >= 0.6 is 0 Å². The maximum Gasteiger partial charge on any atom is 0.0753 e. The third-order valence-electron chi connectivity index (χ3n) is 2.56. The Labute approximate surface area is 98.4 Å². The van der Waals surface area contributed by atoms with Gasteiger partial charge in [-0.2, -0.15) is 0 Å². The van der Waals surface area contributed by atoms with E-state index in [-0.39, 0.29) is 0 Å². The highest BCUT2D eigenvalue weighted by atomic mass is 15.4. The first kappa shape index (κ1) is 13.2. The molecule has 1 atom stereocenters. The van der Waals surface area contributed by atoms with Gasteiger partial charge in [0.05, 0.1) is 17.9 Å². The Kier molecular flexibility index (Phi) is 4.47. The number of hydrogen-bond donors (Lipinski definition) is 1. The molecule has 0 aromatic carbocycles. The van der Waals surface area contributed by atoms with Crippen molar-refractivity contribution in [2.45, 2.75) is 46.6 Å². The number of nitrogens with zero attached hydrogens (tertiary/aromatic N) is 3. The van der Waals surface area contributed by atoms with Crippen LogP contribution in [0.15, 0.2) is 6.20 Å². The van der Waals surface area contributed by atoms with Crippen LogP contribution < -0.4 is 5.32 Å². The molecule has 0 radical (unpaired) electrons. The minimum Gasteiger partial charge on any atom is -0.309 e. The number of nitrogens with one attached hydrogen (secondary N) is 1. The van der Waals surface area contributed by atoms with Crippen LogP contribution in [-0.4, -0.2) is 21.5 Å². The van der Waals surface area contributed by atoms with Crippen LogP contribution in [-0.2, 0) is 7.05 Å². The van der Waals surface area contributed by atoms with E-state index in [2.05, 4.69) is 43.3 Å². The van der Waals surface area contributed by atoms with Gasteiger partial charge in [-0.1, -0.05) is 32.9 Å². The van der Waals surface area contributed by atoms with Gasteiger partial charge in [-0.05, 0) is 24.8 Å². The zero-order valence-corrected chi connectivity index (χ0v) is 11.1. The van der Waals surface area contributed by atoms with Gasteiger partial charge in [0.15, 0.2) is 0 Å². The molecular formula is C12H24N4. The second-order valence-electron chi connectivity index (χ2n) is 5.55. The number of aromatic nitrogens is 3. The lowest BCUT2D eigenvalue weighted by atomic mass is 9.87. The minimum absolute atomic E-state index is 0.301. The summed E-state index contributed by atoms with van der Waals surface area (Å²) >= 11 is 0. The third kappa shape index (κ3) is 3.93. The van der Waals surface area contributed by atoms with Gasteiger partial charge in [-0.15, -0.1) is 5.10 Å². The fourth-order valence-electron chi connectivity index (χ4n) is 1.83. The van der Waals surface area contributed by atoms with Gasteiger partial charge >= 0.3 is 0 Å². The molecule has 1 aromatic rings. The molecule has 1 N–H and O–H groups in total. The maximum absolute atomic E-state index is 4.00. The lowest BCUT2D eigenvalue weighted by Crippen LogP contribution is -2.28. The highest BCUT2D eigenvalue weighted by Crippen LogP contribution is 2.28. The average molecular weight is 224 g/mol. The van der Waals surface area contributed by atoms with E-state index in [9.17, 15) is 0 Å². The Balaban J connectivity index is 2.75. The molecule has 1 aromatic heterocycles. The number of hydrogen-bond acceptors (Lipinski definition) is 3. The summed E-state index contributed by atoms with van der Waals surface area (Å²) in [6.07, 6.45) is 4.10. The van der Waals surface area contributed by atoms with Crippen molar-refractivity contribution < 1.29 is 0 Å². The molecule has 1 heterocycles. The van der Waals surface area contributed by atoms with Crippen molar-refractivity contribution in [2.24, 2.45) is 12.5 Å². The first-order valence-corrected chi connectivity index (χ1v) is 6.02.